The van der Waals surface area contributed by atoms with Gasteiger partial charge in [0.1, 0.15) is 6.04 Å². The number of nitrogens with zero attached hydrogens (tertiary/aromatic N) is 3. The molecule has 0 bridgehead atoms. The van der Waals surface area contributed by atoms with Gasteiger partial charge in [0, 0.05) is 12.1 Å². The predicted molar refractivity (Wildman–Crippen MR) is 64.4 cm³/mol. The molecule has 3 heterocycles. The molecule has 2 aromatic heterocycles. The third kappa shape index (κ3) is 1.84. The van der Waals surface area contributed by atoms with Gasteiger partial charge in [-0.3, -0.25) is 4.79 Å². The minimum Gasteiger partial charge on any atom is -0.480 e. The van der Waals surface area contributed by atoms with E-state index in [2.05, 4.69) is 15.4 Å². The van der Waals surface area contributed by atoms with Gasteiger partial charge in [-0.15, -0.1) is 0 Å². The van der Waals surface area contributed by atoms with Crippen LogP contribution in [0.2, 0.25) is 0 Å². The number of hydrogen-bond acceptors (Lipinski definition) is 4. The van der Waals surface area contributed by atoms with Gasteiger partial charge in [-0.25, -0.2) is 9.50 Å². The molecule has 2 aromatic rings. The highest BCUT2D eigenvalue weighted by molar-refractivity contribution is 5.73. The van der Waals surface area contributed by atoms with E-state index < -0.39 is 12.0 Å². The molecule has 1 aliphatic heterocycles. The number of aliphatic carboxylic acids is 1. The monoisotopic (exact) mass is 246 g/mol. The molecule has 0 radical (unpaired) electrons. The van der Waals surface area contributed by atoms with Gasteiger partial charge < -0.3 is 10.4 Å². The molecule has 0 aliphatic carbocycles. The minimum absolute atomic E-state index is 0.192. The second-order valence-electron chi connectivity index (χ2n) is 4.54. The topological polar surface area (TPSA) is 79.5 Å². The number of piperidine rings is 1. The first-order chi connectivity index (χ1) is 8.75. The second-order valence-corrected chi connectivity index (χ2v) is 4.54. The summed E-state index contributed by atoms with van der Waals surface area (Å²) < 4.78 is 1.80. The number of carbonyl (C=O) groups is 1. The number of rotatable bonds is 2. The van der Waals surface area contributed by atoms with Crippen LogP contribution in [0, 0.1) is 0 Å². The Morgan fingerprint density at radius 1 is 1.56 bits per heavy atom. The van der Waals surface area contributed by atoms with Crippen molar-refractivity contribution >= 4 is 11.6 Å². The van der Waals surface area contributed by atoms with Crippen LogP contribution in [0.1, 0.15) is 24.5 Å². The lowest BCUT2D eigenvalue weighted by Gasteiger charge is -2.27. The van der Waals surface area contributed by atoms with Crippen molar-refractivity contribution in [2.45, 2.75) is 24.8 Å². The first-order valence-corrected chi connectivity index (χ1v) is 6.00. The molecule has 1 fully saturated rings. The van der Waals surface area contributed by atoms with Crippen LogP contribution in [-0.2, 0) is 4.79 Å². The molecular weight excluding hydrogens is 232 g/mol. The Labute approximate surface area is 104 Å². The van der Waals surface area contributed by atoms with E-state index in [9.17, 15) is 4.79 Å². The predicted octanol–water partition coefficient (Wildman–Crippen LogP) is 0.649. The number of carboxylic acids is 1. The third-order valence-corrected chi connectivity index (χ3v) is 3.42. The third-order valence-electron chi connectivity index (χ3n) is 3.42. The lowest BCUT2D eigenvalue weighted by Crippen LogP contribution is -2.43. The Morgan fingerprint density at radius 3 is 3.28 bits per heavy atom. The van der Waals surface area contributed by atoms with Gasteiger partial charge in [0.05, 0.1) is 11.9 Å². The van der Waals surface area contributed by atoms with Crippen LogP contribution in [0.5, 0.6) is 0 Å². The van der Waals surface area contributed by atoms with Crippen LogP contribution in [0.25, 0.3) is 5.65 Å². The van der Waals surface area contributed by atoms with E-state index in [4.69, 9.17) is 5.11 Å². The molecule has 0 amide bonds. The minimum atomic E-state index is -0.790. The molecule has 6 nitrogen and oxygen atoms in total. The van der Waals surface area contributed by atoms with Crippen LogP contribution >= 0.6 is 0 Å². The van der Waals surface area contributed by atoms with Crippen LogP contribution in [0.15, 0.2) is 24.5 Å². The summed E-state index contributed by atoms with van der Waals surface area (Å²) in [6.45, 7) is 0.710. The molecule has 1 aliphatic rings. The largest absolute Gasteiger partial charge is 0.480 e. The summed E-state index contributed by atoms with van der Waals surface area (Å²) in [5, 5.41) is 16.3. The summed E-state index contributed by atoms with van der Waals surface area (Å²) in [7, 11) is 0. The van der Waals surface area contributed by atoms with Crippen molar-refractivity contribution < 1.29 is 9.90 Å². The number of fused-ring (bicyclic) bond motifs is 1. The molecule has 0 spiro atoms. The van der Waals surface area contributed by atoms with Gasteiger partial charge in [-0.05, 0) is 31.5 Å². The van der Waals surface area contributed by atoms with Crippen molar-refractivity contribution in [3.63, 3.8) is 0 Å². The van der Waals surface area contributed by atoms with Crippen molar-refractivity contribution in [1.29, 1.82) is 0 Å². The van der Waals surface area contributed by atoms with Crippen LogP contribution in [0.4, 0.5) is 0 Å². The Kier molecular flexibility index (Phi) is 2.71. The fraction of sp³-hybridized carbons (Fsp3) is 0.417. The normalized spacial score (nSPS) is 24.2. The molecule has 0 saturated carbocycles. The average Bonchev–Trinajstić information content (AvgIpc) is 2.82. The zero-order chi connectivity index (χ0) is 12.5. The summed E-state index contributed by atoms with van der Waals surface area (Å²) in [5.41, 5.74) is 1.80. The number of nitrogens with one attached hydrogen (secondary N) is 1. The summed E-state index contributed by atoms with van der Waals surface area (Å²) in [6, 6.07) is 3.26. The van der Waals surface area contributed by atoms with E-state index >= 15 is 0 Å². The molecule has 2 atom stereocenters. The van der Waals surface area contributed by atoms with E-state index in [-0.39, 0.29) is 5.92 Å². The summed E-state index contributed by atoms with van der Waals surface area (Å²) in [5.74, 6) is -0.598. The Bertz CT molecular complexity index is 580. The lowest BCUT2D eigenvalue weighted by atomic mass is 9.90. The Balaban J connectivity index is 1.92. The van der Waals surface area contributed by atoms with Gasteiger partial charge in [0.15, 0.2) is 5.65 Å². The first-order valence-electron chi connectivity index (χ1n) is 6.00. The molecule has 6 heteroatoms. The summed E-state index contributed by atoms with van der Waals surface area (Å²) in [6.07, 6.45) is 5.01. The molecule has 0 aromatic carbocycles. The summed E-state index contributed by atoms with van der Waals surface area (Å²) >= 11 is 0. The number of hydrogen-bond donors (Lipinski definition) is 2. The van der Waals surface area contributed by atoms with E-state index in [0.29, 0.717) is 13.0 Å². The van der Waals surface area contributed by atoms with E-state index in [1.807, 2.05) is 12.1 Å². The molecule has 1 saturated heterocycles. The quantitative estimate of drug-likeness (QED) is 0.813. The number of carboxylic acid groups (broad SMARTS) is 1. The van der Waals surface area contributed by atoms with Crippen LogP contribution in [0.3, 0.4) is 0 Å². The van der Waals surface area contributed by atoms with Crippen molar-refractivity contribution in [3.8, 4) is 0 Å². The molecule has 2 unspecified atom stereocenters. The molecule has 18 heavy (non-hydrogen) atoms. The zero-order valence-electron chi connectivity index (χ0n) is 9.78. The van der Waals surface area contributed by atoms with Crippen molar-refractivity contribution in [1.82, 2.24) is 19.9 Å². The number of imidazole rings is 1. The lowest BCUT2D eigenvalue weighted by molar-refractivity contribution is -0.140. The van der Waals surface area contributed by atoms with Crippen LogP contribution in [-0.4, -0.2) is 38.3 Å². The standard InChI is InChI=1S/C12H14N4O2/c17-12(18)9-6-8(3-5-13-9)10-7-14-11-2-1-4-15-16(10)11/h1-2,4,7-9,13H,3,5-6H2,(H,17,18). The maximum absolute atomic E-state index is 11.0. The van der Waals surface area contributed by atoms with Gasteiger partial charge >= 0.3 is 5.97 Å². The van der Waals surface area contributed by atoms with Crippen molar-refractivity contribution in [2.75, 3.05) is 6.54 Å². The van der Waals surface area contributed by atoms with E-state index in [1.165, 1.54) is 0 Å². The Morgan fingerprint density at radius 2 is 2.44 bits per heavy atom. The van der Waals surface area contributed by atoms with Gasteiger partial charge in [-0.1, -0.05) is 0 Å². The number of aromatic nitrogens is 3. The van der Waals surface area contributed by atoms with Crippen molar-refractivity contribution in [3.05, 3.63) is 30.2 Å². The van der Waals surface area contributed by atoms with Gasteiger partial charge in [0.2, 0.25) is 0 Å². The zero-order valence-corrected chi connectivity index (χ0v) is 9.78. The highest BCUT2D eigenvalue weighted by atomic mass is 16.4. The molecule has 2 N–H and O–H groups in total. The fourth-order valence-electron chi connectivity index (χ4n) is 2.50. The Hall–Kier alpha value is -1.95. The smallest absolute Gasteiger partial charge is 0.320 e. The summed E-state index contributed by atoms with van der Waals surface area (Å²) in [4.78, 5) is 15.3. The molecule has 94 valence electrons. The average molecular weight is 246 g/mol. The highest BCUT2D eigenvalue weighted by Crippen LogP contribution is 2.27. The van der Waals surface area contributed by atoms with Crippen LogP contribution < -0.4 is 5.32 Å². The van der Waals surface area contributed by atoms with E-state index in [0.717, 1.165) is 17.8 Å². The highest BCUT2D eigenvalue weighted by Gasteiger charge is 2.29. The van der Waals surface area contributed by atoms with E-state index in [1.54, 1.807) is 16.9 Å². The molecule has 3 rings (SSSR count). The second kappa shape index (κ2) is 4.38. The van der Waals surface area contributed by atoms with Crippen molar-refractivity contribution in [2.24, 2.45) is 0 Å². The first kappa shape index (κ1) is 11.2. The molecular formula is C12H14N4O2. The van der Waals surface area contributed by atoms with Gasteiger partial charge in [-0.2, -0.15) is 5.10 Å². The SMILES string of the molecule is O=C(O)C1CC(c2cnc3cccnn23)CCN1. The fourth-order valence-corrected chi connectivity index (χ4v) is 2.50. The maximum atomic E-state index is 11.0. The maximum Gasteiger partial charge on any atom is 0.320 e. The van der Waals surface area contributed by atoms with Gasteiger partial charge in [0.25, 0.3) is 0 Å².